The Morgan fingerprint density at radius 2 is 1.91 bits per heavy atom. The summed E-state index contributed by atoms with van der Waals surface area (Å²) in [5, 5.41) is 12.8. The van der Waals surface area contributed by atoms with E-state index in [0.717, 1.165) is 16.7 Å². The fraction of sp³-hybridized carbons (Fsp3) is 0.278. The molecule has 0 fully saturated rings. The van der Waals surface area contributed by atoms with Gasteiger partial charge in [0.05, 0.1) is 0 Å². The van der Waals surface area contributed by atoms with Gasteiger partial charge in [0, 0.05) is 11.6 Å². The number of ether oxygens (including phenoxy) is 1. The van der Waals surface area contributed by atoms with Crippen molar-refractivity contribution in [2.24, 2.45) is 0 Å². The van der Waals surface area contributed by atoms with Crippen LogP contribution in [0.5, 0.6) is 5.75 Å². The van der Waals surface area contributed by atoms with Crippen molar-refractivity contribution >= 4 is 17.7 Å². The topological polar surface area (TPSA) is 58.6 Å². The van der Waals surface area contributed by atoms with Crippen LogP contribution in [0.15, 0.2) is 42.5 Å². The number of nitrogens with one attached hydrogen (secondary N) is 1. The van der Waals surface area contributed by atoms with Crippen LogP contribution in [0, 0.1) is 0 Å². The van der Waals surface area contributed by atoms with Gasteiger partial charge < -0.3 is 15.2 Å². The predicted molar refractivity (Wildman–Crippen MR) is 91.6 cm³/mol. The summed E-state index contributed by atoms with van der Waals surface area (Å²) in [7, 11) is 0. The van der Waals surface area contributed by atoms with Crippen molar-refractivity contribution in [3.63, 3.8) is 0 Å². The standard InChI is InChI=1S/C18H20ClNO3/c1-18(2,3)23-17(22)20-11-12-5-4-6-13(7-12)14-8-15(19)10-16(21)9-14/h4-10,21H,11H2,1-3H3,(H,20,22). The molecule has 122 valence electrons. The van der Waals surface area contributed by atoms with E-state index >= 15 is 0 Å². The third-order valence-corrected chi connectivity index (χ3v) is 3.20. The van der Waals surface area contributed by atoms with Crippen molar-refractivity contribution in [3.05, 3.63) is 53.1 Å². The third kappa shape index (κ3) is 5.49. The first-order chi connectivity index (χ1) is 10.7. The highest BCUT2D eigenvalue weighted by atomic mass is 35.5. The number of alkyl carbamates (subject to hydrolysis) is 1. The number of hydrogen-bond donors (Lipinski definition) is 2. The SMILES string of the molecule is CC(C)(C)OC(=O)NCc1cccc(-c2cc(O)cc(Cl)c2)c1. The Bertz CT molecular complexity index is 687. The Labute approximate surface area is 141 Å². The number of phenols is 1. The minimum absolute atomic E-state index is 0.116. The van der Waals surface area contributed by atoms with Gasteiger partial charge in [-0.3, -0.25) is 0 Å². The van der Waals surface area contributed by atoms with E-state index in [-0.39, 0.29) is 5.75 Å². The summed E-state index contributed by atoms with van der Waals surface area (Å²) in [6.45, 7) is 5.81. The van der Waals surface area contributed by atoms with Gasteiger partial charge >= 0.3 is 6.09 Å². The Hall–Kier alpha value is -2.20. The van der Waals surface area contributed by atoms with E-state index in [9.17, 15) is 9.90 Å². The number of benzene rings is 2. The average Bonchev–Trinajstić information content (AvgIpc) is 2.43. The lowest BCUT2D eigenvalue weighted by atomic mass is 10.0. The van der Waals surface area contributed by atoms with Gasteiger partial charge in [0.2, 0.25) is 0 Å². The number of aromatic hydroxyl groups is 1. The molecule has 0 atom stereocenters. The van der Waals surface area contributed by atoms with Crippen LogP contribution in [0.2, 0.25) is 5.02 Å². The second kappa shape index (κ2) is 6.92. The van der Waals surface area contributed by atoms with Crippen LogP contribution in [0.1, 0.15) is 26.3 Å². The first-order valence-corrected chi connectivity index (χ1v) is 7.66. The number of amides is 1. The summed E-state index contributed by atoms with van der Waals surface area (Å²) in [4.78, 5) is 11.7. The van der Waals surface area contributed by atoms with Crippen molar-refractivity contribution < 1.29 is 14.6 Å². The normalized spacial score (nSPS) is 11.1. The van der Waals surface area contributed by atoms with Gasteiger partial charge in [-0.25, -0.2) is 4.79 Å². The van der Waals surface area contributed by atoms with E-state index in [2.05, 4.69) is 5.32 Å². The van der Waals surface area contributed by atoms with Crippen molar-refractivity contribution in [2.45, 2.75) is 32.9 Å². The van der Waals surface area contributed by atoms with Crippen LogP contribution in [0.4, 0.5) is 4.79 Å². The molecule has 0 saturated heterocycles. The fourth-order valence-electron chi connectivity index (χ4n) is 2.09. The molecular formula is C18H20ClNO3. The second-order valence-electron chi connectivity index (χ2n) is 6.25. The van der Waals surface area contributed by atoms with E-state index in [1.165, 1.54) is 6.07 Å². The van der Waals surface area contributed by atoms with Gasteiger partial charge in [-0.15, -0.1) is 0 Å². The molecule has 0 radical (unpaired) electrons. The molecule has 1 amide bonds. The quantitative estimate of drug-likeness (QED) is 0.853. The molecule has 0 aromatic heterocycles. The zero-order chi connectivity index (χ0) is 17.0. The smallest absolute Gasteiger partial charge is 0.407 e. The van der Waals surface area contributed by atoms with Gasteiger partial charge in [0.25, 0.3) is 0 Å². The van der Waals surface area contributed by atoms with E-state index < -0.39 is 11.7 Å². The van der Waals surface area contributed by atoms with Crippen LogP contribution in [0.25, 0.3) is 11.1 Å². The van der Waals surface area contributed by atoms with Gasteiger partial charge in [-0.05, 0) is 61.7 Å². The highest BCUT2D eigenvalue weighted by molar-refractivity contribution is 6.31. The summed E-state index contributed by atoms with van der Waals surface area (Å²) >= 11 is 5.97. The minimum atomic E-state index is -0.524. The number of carbonyl (C=O) groups is 1. The molecule has 2 aromatic rings. The van der Waals surface area contributed by atoms with Crippen LogP contribution in [-0.2, 0) is 11.3 Å². The van der Waals surface area contributed by atoms with Gasteiger partial charge in [-0.1, -0.05) is 29.8 Å². The molecule has 2 rings (SSSR count). The monoisotopic (exact) mass is 333 g/mol. The van der Waals surface area contributed by atoms with Gasteiger partial charge in [0.1, 0.15) is 11.4 Å². The van der Waals surface area contributed by atoms with Crippen molar-refractivity contribution in [1.29, 1.82) is 0 Å². The van der Waals surface area contributed by atoms with E-state index in [1.54, 1.807) is 12.1 Å². The second-order valence-corrected chi connectivity index (χ2v) is 6.69. The molecule has 0 heterocycles. The maximum atomic E-state index is 11.7. The zero-order valence-electron chi connectivity index (χ0n) is 13.4. The van der Waals surface area contributed by atoms with Crippen molar-refractivity contribution in [2.75, 3.05) is 0 Å². The molecule has 2 N–H and O–H groups in total. The van der Waals surface area contributed by atoms with Crippen molar-refractivity contribution in [3.8, 4) is 16.9 Å². The maximum absolute atomic E-state index is 11.7. The van der Waals surface area contributed by atoms with Crippen molar-refractivity contribution in [1.82, 2.24) is 5.32 Å². The van der Waals surface area contributed by atoms with E-state index in [1.807, 2.05) is 45.0 Å². The fourth-order valence-corrected chi connectivity index (χ4v) is 2.32. The highest BCUT2D eigenvalue weighted by Gasteiger charge is 2.15. The molecule has 0 aliphatic carbocycles. The third-order valence-electron chi connectivity index (χ3n) is 2.98. The molecule has 0 unspecified atom stereocenters. The lowest BCUT2D eigenvalue weighted by Gasteiger charge is -2.19. The van der Waals surface area contributed by atoms with E-state index in [4.69, 9.17) is 16.3 Å². The lowest BCUT2D eigenvalue weighted by Crippen LogP contribution is -2.32. The Morgan fingerprint density at radius 1 is 1.17 bits per heavy atom. The number of phenolic OH excluding ortho intramolecular Hbond substituents is 1. The predicted octanol–water partition coefficient (Wildman–Crippen LogP) is 4.74. The zero-order valence-corrected chi connectivity index (χ0v) is 14.1. The highest BCUT2D eigenvalue weighted by Crippen LogP contribution is 2.28. The summed E-state index contributed by atoms with van der Waals surface area (Å²) < 4.78 is 5.21. The van der Waals surface area contributed by atoms with Crippen LogP contribution >= 0.6 is 11.6 Å². The number of carbonyl (C=O) groups excluding carboxylic acids is 1. The van der Waals surface area contributed by atoms with Crippen LogP contribution in [-0.4, -0.2) is 16.8 Å². The summed E-state index contributed by atoms with van der Waals surface area (Å²) in [6, 6.07) is 12.6. The van der Waals surface area contributed by atoms with Crippen LogP contribution in [0.3, 0.4) is 0 Å². The molecular weight excluding hydrogens is 314 g/mol. The summed E-state index contributed by atoms with van der Waals surface area (Å²) in [5.74, 6) is 0.116. The lowest BCUT2D eigenvalue weighted by molar-refractivity contribution is 0.0523. The Kier molecular flexibility index (Phi) is 5.16. The molecule has 0 bridgehead atoms. The Balaban J connectivity index is 2.09. The average molecular weight is 334 g/mol. The molecule has 4 nitrogen and oxygen atoms in total. The number of hydrogen-bond acceptors (Lipinski definition) is 3. The minimum Gasteiger partial charge on any atom is -0.508 e. The first kappa shape index (κ1) is 17.2. The van der Waals surface area contributed by atoms with Gasteiger partial charge in [-0.2, -0.15) is 0 Å². The van der Waals surface area contributed by atoms with Crippen LogP contribution < -0.4 is 5.32 Å². The van der Waals surface area contributed by atoms with E-state index in [0.29, 0.717) is 11.6 Å². The molecule has 2 aromatic carbocycles. The number of halogens is 1. The summed E-state index contributed by atoms with van der Waals surface area (Å²) in [5.41, 5.74) is 2.12. The first-order valence-electron chi connectivity index (χ1n) is 7.29. The number of rotatable bonds is 3. The molecule has 5 heteroatoms. The van der Waals surface area contributed by atoms with Gasteiger partial charge in [0.15, 0.2) is 0 Å². The molecule has 0 aliphatic rings. The largest absolute Gasteiger partial charge is 0.508 e. The maximum Gasteiger partial charge on any atom is 0.407 e. The summed E-state index contributed by atoms with van der Waals surface area (Å²) in [6.07, 6.45) is -0.455. The Morgan fingerprint density at radius 3 is 2.57 bits per heavy atom. The molecule has 0 spiro atoms. The molecule has 0 saturated carbocycles. The molecule has 23 heavy (non-hydrogen) atoms. The molecule has 0 aliphatic heterocycles.